The van der Waals surface area contributed by atoms with Crippen LogP contribution in [0.4, 0.5) is 8.78 Å². The van der Waals surface area contributed by atoms with Crippen LogP contribution in [0.2, 0.25) is 0 Å². The lowest BCUT2D eigenvalue weighted by Gasteiger charge is -2.12. The molecule has 2 heterocycles. The summed E-state index contributed by atoms with van der Waals surface area (Å²) < 4.78 is 36.4. The highest BCUT2D eigenvalue weighted by atomic mass is 19.3. The second kappa shape index (κ2) is 8.79. The number of nitrogens with zero attached hydrogens (tertiary/aromatic N) is 3. The molecule has 0 aliphatic rings. The smallest absolute Gasteiger partial charge is 0.387 e. The fourth-order valence-electron chi connectivity index (χ4n) is 2.88. The van der Waals surface area contributed by atoms with E-state index >= 15 is 0 Å². The number of hydrogen-bond donors (Lipinski definition) is 1. The van der Waals surface area contributed by atoms with Crippen LogP contribution in [-0.4, -0.2) is 28.5 Å². The van der Waals surface area contributed by atoms with Crippen molar-refractivity contribution in [2.24, 2.45) is 0 Å². The third-order valence-corrected chi connectivity index (χ3v) is 4.14. The van der Waals surface area contributed by atoms with Crippen molar-refractivity contribution in [3.8, 4) is 17.3 Å². The van der Waals surface area contributed by atoms with E-state index in [4.69, 9.17) is 4.74 Å². The van der Waals surface area contributed by atoms with Gasteiger partial charge in [0.1, 0.15) is 0 Å². The summed E-state index contributed by atoms with van der Waals surface area (Å²) in [5.41, 5.74) is 3.78. The Labute approximate surface area is 162 Å². The first-order chi connectivity index (χ1) is 13.5. The number of aryl methyl sites for hydroxylation is 2. The van der Waals surface area contributed by atoms with Crippen molar-refractivity contribution in [1.29, 1.82) is 0 Å². The number of nitrogens with one attached hydrogen (secondary N) is 1. The van der Waals surface area contributed by atoms with Gasteiger partial charge < -0.3 is 14.8 Å². The van der Waals surface area contributed by atoms with Crippen molar-refractivity contribution in [2.45, 2.75) is 33.5 Å². The summed E-state index contributed by atoms with van der Waals surface area (Å²) in [6.45, 7) is 2.10. The third kappa shape index (κ3) is 4.83. The molecule has 3 rings (SSSR count). The summed E-state index contributed by atoms with van der Waals surface area (Å²) in [6.07, 6.45) is 1.79. The van der Waals surface area contributed by atoms with Gasteiger partial charge in [-0.3, -0.25) is 0 Å². The van der Waals surface area contributed by atoms with E-state index in [1.165, 1.54) is 7.11 Å². The Balaban J connectivity index is 1.60. The molecule has 0 spiro atoms. The first-order valence-corrected chi connectivity index (χ1v) is 8.77. The second-order valence-corrected chi connectivity index (χ2v) is 6.33. The van der Waals surface area contributed by atoms with Crippen molar-refractivity contribution in [1.82, 2.24) is 20.1 Å². The van der Waals surface area contributed by atoms with Crippen LogP contribution >= 0.6 is 0 Å². The van der Waals surface area contributed by atoms with Crippen LogP contribution in [0.25, 0.3) is 5.82 Å². The van der Waals surface area contributed by atoms with E-state index in [0.717, 1.165) is 28.3 Å². The minimum atomic E-state index is -2.90. The number of aromatic nitrogens is 3. The molecule has 2 aromatic heterocycles. The summed E-state index contributed by atoms with van der Waals surface area (Å²) in [6, 6.07) is 10.8. The van der Waals surface area contributed by atoms with Crippen molar-refractivity contribution in [3.05, 3.63) is 65.1 Å². The van der Waals surface area contributed by atoms with Crippen molar-refractivity contribution in [2.75, 3.05) is 7.11 Å². The van der Waals surface area contributed by atoms with Crippen molar-refractivity contribution < 1.29 is 18.3 Å². The predicted octanol–water partition coefficient (Wildman–Crippen LogP) is 3.78. The minimum absolute atomic E-state index is 0.0210. The number of methoxy groups -OCH3 is 1. The summed E-state index contributed by atoms with van der Waals surface area (Å²) in [5.74, 6) is 1.05. The fourth-order valence-corrected chi connectivity index (χ4v) is 2.88. The monoisotopic (exact) mass is 388 g/mol. The normalized spacial score (nSPS) is 11.1. The molecule has 28 heavy (non-hydrogen) atoms. The molecule has 0 saturated heterocycles. The molecule has 0 saturated carbocycles. The number of alkyl halides is 2. The largest absolute Gasteiger partial charge is 0.493 e. The SMILES string of the molecule is COc1ccc(CNCc2ccc(-n3nc(C)cc3C)nc2)cc1OC(F)F. The molecule has 0 amide bonds. The van der Waals surface area contributed by atoms with Crippen LogP contribution in [0.1, 0.15) is 22.5 Å². The van der Waals surface area contributed by atoms with Gasteiger partial charge in [-0.2, -0.15) is 13.9 Å². The van der Waals surface area contributed by atoms with Gasteiger partial charge in [0, 0.05) is 25.0 Å². The standard InChI is InChI=1S/C20H22F2N4O2/c1-13-8-14(2)26(25-13)19-7-5-16(12-24-19)11-23-10-15-4-6-17(27-3)18(9-15)28-20(21)22/h4-9,12,20,23H,10-11H2,1-3H3. The number of ether oxygens (including phenoxy) is 2. The maximum atomic E-state index is 12.5. The number of hydrogen-bond acceptors (Lipinski definition) is 5. The van der Waals surface area contributed by atoms with Crippen LogP contribution in [-0.2, 0) is 13.1 Å². The molecule has 3 aromatic rings. The van der Waals surface area contributed by atoms with Gasteiger partial charge in [0.05, 0.1) is 12.8 Å². The molecule has 1 N–H and O–H groups in total. The Hall–Kier alpha value is -3.00. The highest BCUT2D eigenvalue weighted by Gasteiger charge is 2.11. The highest BCUT2D eigenvalue weighted by Crippen LogP contribution is 2.29. The first-order valence-electron chi connectivity index (χ1n) is 8.77. The first kappa shape index (κ1) is 19.8. The molecule has 0 atom stereocenters. The summed E-state index contributed by atoms with van der Waals surface area (Å²) in [4.78, 5) is 4.46. The number of benzene rings is 1. The fraction of sp³-hybridized carbons (Fsp3) is 0.300. The van der Waals surface area contributed by atoms with Gasteiger partial charge in [-0.1, -0.05) is 12.1 Å². The maximum absolute atomic E-state index is 12.5. The third-order valence-electron chi connectivity index (χ3n) is 4.14. The Bertz CT molecular complexity index is 926. The molecular weight excluding hydrogens is 366 g/mol. The molecular formula is C20H22F2N4O2. The topological polar surface area (TPSA) is 61.2 Å². The molecule has 8 heteroatoms. The van der Waals surface area contributed by atoms with E-state index in [1.54, 1.807) is 29.1 Å². The minimum Gasteiger partial charge on any atom is -0.493 e. The molecule has 0 bridgehead atoms. The van der Waals surface area contributed by atoms with Crippen LogP contribution in [0.3, 0.4) is 0 Å². The zero-order chi connectivity index (χ0) is 20.1. The zero-order valence-electron chi connectivity index (χ0n) is 15.9. The van der Waals surface area contributed by atoms with Gasteiger partial charge in [-0.15, -0.1) is 0 Å². The Morgan fingerprint density at radius 1 is 1.04 bits per heavy atom. The molecule has 0 unspecified atom stereocenters. The van der Waals surface area contributed by atoms with Gasteiger partial charge in [0.15, 0.2) is 17.3 Å². The van der Waals surface area contributed by atoms with Crippen LogP contribution < -0.4 is 14.8 Å². The van der Waals surface area contributed by atoms with E-state index in [0.29, 0.717) is 13.1 Å². The number of rotatable bonds is 8. The molecule has 0 aliphatic heterocycles. The van der Waals surface area contributed by atoms with Gasteiger partial charge in [-0.25, -0.2) is 9.67 Å². The van der Waals surface area contributed by atoms with E-state index in [9.17, 15) is 8.78 Å². The molecule has 6 nitrogen and oxygen atoms in total. The van der Waals surface area contributed by atoms with Crippen LogP contribution in [0, 0.1) is 13.8 Å². The van der Waals surface area contributed by atoms with E-state index in [2.05, 4.69) is 20.1 Å². The van der Waals surface area contributed by atoms with E-state index in [-0.39, 0.29) is 11.5 Å². The van der Waals surface area contributed by atoms with Crippen LogP contribution in [0.15, 0.2) is 42.6 Å². The van der Waals surface area contributed by atoms with Gasteiger partial charge in [0.25, 0.3) is 0 Å². The van der Waals surface area contributed by atoms with Gasteiger partial charge in [-0.05, 0) is 49.2 Å². The maximum Gasteiger partial charge on any atom is 0.387 e. The molecule has 0 fully saturated rings. The Kier molecular flexibility index (Phi) is 6.20. The van der Waals surface area contributed by atoms with Crippen LogP contribution in [0.5, 0.6) is 11.5 Å². The van der Waals surface area contributed by atoms with E-state index < -0.39 is 6.61 Å². The Morgan fingerprint density at radius 3 is 2.39 bits per heavy atom. The highest BCUT2D eigenvalue weighted by molar-refractivity contribution is 5.43. The van der Waals surface area contributed by atoms with Crippen molar-refractivity contribution in [3.63, 3.8) is 0 Å². The number of halogens is 2. The average Bonchev–Trinajstić information content (AvgIpc) is 3.00. The molecule has 0 aliphatic carbocycles. The summed E-state index contributed by atoms with van der Waals surface area (Å²) >= 11 is 0. The summed E-state index contributed by atoms with van der Waals surface area (Å²) in [5, 5.41) is 7.68. The lowest BCUT2D eigenvalue weighted by molar-refractivity contribution is -0.0512. The average molecular weight is 388 g/mol. The molecule has 1 aromatic carbocycles. The summed E-state index contributed by atoms with van der Waals surface area (Å²) in [7, 11) is 1.41. The van der Waals surface area contributed by atoms with Crippen molar-refractivity contribution >= 4 is 0 Å². The quantitative estimate of drug-likeness (QED) is 0.636. The molecule has 0 radical (unpaired) electrons. The zero-order valence-corrected chi connectivity index (χ0v) is 15.9. The number of pyridine rings is 1. The lowest BCUT2D eigenvalue weighted by Crippen LogP contribution is -2.13. The Morgan fingerprint density at radius 2 is 1.79 bits per heavy atom. The van der Waals surface area contributed by atoms with Gasteiger partial charge in [0.2, 0.25) is 0 Å². The predicted molar refractivity (Wildman–Crippen MR) is 101 cm³/mol. The second-order valence-electron chi connectivity index (χ2n) is 6.33. The lowest BCUT2D eigenvalue weighted by atomic mass is 10.2. The molecule has 148 valence electrons. The van der Waals surface area contributed by atoms with Gasteiger partial charge >= 0.3 is 6.61 Å². The van der Waals surface area contributed by atoms with E-state index in [1.807, 2.05) is 32.0 Å².